The third-order valence-corrected chi connectivity index (χ3v) is 3.49. The molecule has 0 saturated heterocycles. The fraction of sp³-hybridized carbons (Fsp3) is 0.417. The van der Waals surface area contributed by atoms with Gasteiger partial charge in [-0.05, 0) is 18.2 Å². The van der Waals surface area contributed by atoms with Crippen LogP contribution in [0.3, 0.4) is 0 Å². The van der Waals surface area contributed by atoms with Crippen molar-refractivity contribution in [2.24, 2.45) is 5.92 Å². The zero-order valence-corrected chi connectivity index (χ0v) is 10.5. The number of rotatable bonds is 5. The van der Waals surface area contributed by atoms with E-state index in [-0.39, 0.29) is 11.9 Å². The third-order valence-electron chi connectivity index (χ3n) is 2.24. The molecule has 0 aliphatic carbocycles. The van der Waals surface area contributed by atoms with Crippen LogP contribution >= 0.6 is 11.8 Å². The number of esters is 1. The Kier molecular flexibility index (Phi) is 5.41. The van der Waals surface area contributed by atoms with E-state index in [9.17, 15) is 13.6 Å². The van der Waals surface area contributed by atoms with Crippen molar-refractivity contribution < 1.29 is 18.3 Å². The molecule has 0 aliphatic rings. The second-order valence-electron chi connectivity index (χ2n) is 3.68. The van der Waals surface area contributed by atoms with Crippen LogP contribution in [0.5, 0.6) is 0 Å². The van der Waals surface area contributed by atoms with Crippen LogP contribution < -0.4 is 0 Å². The summed E-state index contributed by atoms with van der Waals surface area (Å²) in [6.07, 6.45) is 0. The second kappa shape index (κ2) is 6.59. The van der Waals surface area contributed by atoms with Crippen LogP contribution in [-0.4, -0.2) is 18.8 Å². The number of carbonyl (C=O) groups is 1. The Morgan fingerprint density at radius 2 is 2.18 bits per heavy atom. The summed E-state index contributed by atoms with van der Waals surface area (Å²) < 4.78 is 30.7. The zero-order valence-electron chi connectivity index (χ0n) is 9.70. The van der Waals surface area contributed by atoms with Crippen molar-refractivity contribution in [2.45, 2.75) is 12.7 Å². The fourth-order valence-electron chi connectivity index (χ4n) is 1.27. The molecule has 5 heteroatoms. The maximum absolute atomic E-state index is 13.2. The van der Waals surface area contributed by atoms with Gasteiger partial charge in [0.2, 0.25) is 0 Å². The molecule has 0 N–H and O–H groups in total. The SMILES string of the molecule is COC(=O)C(C)CSCc1cc(F)ccc1F. The lowest BCUT2D eigenvalue weighted by atomic mass is 10.2. The van der Waals surface area contributed by atoms with Gasteiger partial charge in [-0.1, -0.05) is 6.92 Å². The van der Waals surface area contributed by atoms with E-state index in [0.29, 0.717) is 17.1 Å². The third kappa shape index (κ3) is 4.34. The Hall–Kier alpha value is -1.10. The highest BCUT2D eigenvalue weighted by molar-refractivity contribution is 7.98. The lowest BCUT2D eigenvalue weighted by molar-refractivity contribution is -0.143. The van der Waals surface area contributed by atoms with Gasteiger partial charge in [-0.3, -0.25) is 4.79 Å². The fourth-order valence-corrected chi connectivity index (χ4v) is 2.32. The molecule has 0 fully saturated rings. The van der Waals surface area contributed by atoms with Crippen LogP contribution in [0.4, 0.5) is 8.78 Å². The van der Waals surface area contributed by atoms with E-state index in [4.69, 9.17) is 0 Å². The predicted octanol–water partition coefficient (Wildman–Crippen LogP) is 3.01. The van der Waals surface area contributed by atoms with Crippen LogP contribution in [-0.2, 0) is 15.3 Å². The number of ether oxygens (including phenoxy) is 1. The molecule has 1 rings (SSSR count). The van der Waals surface area contributed by atoms with Gasteiger partial charge in [0.05, 0.1) is 13.0 Å². The van der Waals surface area contributed by atoms with Crippen molar-refractivity contribution in [1.82, 2.24) is 0 Å². The number of halogens is 2. The maximum atomic E-state index is 13.2. The van der Waals surface area contributed by atoms with Crippen molar-refractivity contribution in [3.8, 4) is 0 Å². The molecule has 0 heterocycles. The van der Waals surface area contributed by atoms with Gasteiger partial charge in [-0.25, -0.2) is 8.78 Å². The number of benzene rings is 1. The predicted molar refractivity (Wildman–Crippen MR) is 63.7 cm³/mol. The lowest BCUT2D eigenvalue weighted by Gasteiger charge is -2.08. The monoisotopic (exact) mass is 260 g/mol. The summed E-state index contributed by atoms with van der Waals surface area (Å²) >= 11 is 1.37. The molecule has 0 saturated carbocycles. The maximum Gasteiger partial charge on any atom is 0.309 e. The number of hydrogen-bond donors (Lipinski definition) is 0. The molecule has 0 aromatic heterocycles. The molecule has 1 aromatic carbocycles. The summed E-state index contributed by atoms with van der Waals surface area (Å²) in [5, 5.41) is 0. The first-order chi connectivity index (χ1) is 8.04. The highest BCUT2D eigenvalue weighted by Gasteiger charge is 2.13. The van der Waals surface area contributed by atoms with Gasteiger partial charge in [-0.2, -0.15) is 11.8 Å². The zero-order chi connectivity index (χ0) is 12.8. The quantitative estimate of drug-likeness (QED) is 0.761. The highest BCUT2D eigenvalue weighted by Crippen LogP contribution is 2.19. The van der Waals surface area contributed by atoms with E-state index >= 15 is 0 Å². The van der Waals surface area contributed by atoms with Crippen LogP contribution in [0.25, 0.3) is 0 Å². The molecule has 1 aromatic rings. The van der Waals surface area contributed by atoms with Gasteiger partial charge in [0.25, 0.3) is 0 Å². The molecule has 0 spiro atoms. The molecule has 0 amide bonds. The van der Waals surface area contributed by atoms with Gasteiger partial charge in [0, 0.05) is 17.1 Å². The number of hydrogen-bond acceptors (Lipinski definition) is 3. The molecule has 1 unspecified atom stereocenters. The Balaban J connectivity index is 2.45. The summed E-state index contributed by atoms with van der Waals surface area (Å²) in [6.45, 7) is 1.74. The van der Waals surface area contributed by atoms with Crippen LogP contribution in [0.2, 0.25) is 0 Å². The molecule has 17 heavy (non-hydrogen) atoms. The Morgan fingerprint density at radius 3 is 2.82 bits per heavy atom. The summed E-state index contributed by atoms with van der Waals surface area (Å²) in [7, 11) is 1.33. The summed E-state index contributed by atoms with van der Waals surface area (Å²) in [5.41, 5.74) is 0.312. The topological polar surface area (TPSA) is 26.3 Å². The number of thioether (sulfide) groups is 1. The van der Waals surface area contributed by atoms with Crippen molar-refractivity contribution >= 4 is 17.7 Å². The average molecular weight is 260 g/mol. The van der Waals surface area contributed by atoms with E-state index in [1.807, 2.05) is 0 Å². The van der Waals surface area contributed by atoms with Crippen molar-refractivity contribution in [3.63, 3.8) is 0 Å². The lowest BCUT2D eigenvalue weighted by Crippen LogP contribution is -2.14. The van der Waals surface area contributed by atoms with E-state index < -0.39 is 11.6 Å². The molecule has 2 nitrogen and oxygen atoms in total. The Bertz CT molecular complexity index is 396. The smallest absolute Gasteiger partial charge is 0.309 e. The Labute approximate surface area is 103 Å². The summed E-state index contributed by atoms with van der Waals surface area (Å²) in [6, 6.07) is 3.36. The van der Waals surface area contributed by atoms with Gasteiger partial charge in [-0.15, -0.1) is 0 Å². The first-order valence-electron chi connectivity index (χ1n) is 5.14. The van der Waals surface area contributed by atoms with Crippen LogP contribution in [0.15, 0.2) is 18.2 Å². The second-order valence-corrected chi connectivity index (χ2v) is 4.71. The summed E-state index contributed by atoms with van der Waals surface area (Å²) in [5.74, 6) is -0.570. The van der Waals surface area contributed by atoms with E-state index in [2.05, 4.69) is 4.74 Å². The number of methoxy groups -OCH3 is 1. The standard InChI is InChI=1S/C12H14F2O2S/c1-8(12(15)16-2)6-17-7-9-5-10(13)3-4-11(9)14/h3-5,8H,6-7H2,1-2H3. The molecule has 1 atom stereocenters. The van der Waals surface area contributed by atoms with Crippen molar-refractivity contribution in [3.05, 3.63) is 35.4 Å². The number of carbonyl (C=O) groups excluding carboxylic acids is 1. The first-order valence-corrected chi connectivity index (χ1v) is 6.29. The first kappa shape index (κ1) is 14.0. The van der Waals surface area contributed by atoms with Crippen LogP contribution in [0.1, 0.15) is 12.5 Å². The molecule has 0 bridgehead atoms. The average Bonchev–Trinajstić information content (AvgIpc) is 2.32. The highest BCUT2D eigenvalue weighted by atomic mass is 32.2. The summed E-state index contributed by atoms with van der Waals surface area (Å²) in [4.78, 5) is 11.1. The van der Waals surface area contributed by atoms with Crippen molar-refractivity contribution in [1.29, 1.82) is 0 Å². The molecular weight excluding hydrogens is 246 g/mol. The Morgan fingerprint density at radius 1 is 1.47 bits per heavy atom. The largest absolute Gasteiger partial charge is 0.469 e. The van der Waals surface area contributed by atoms with Crippen molar-refractivity contribution in [2.75, 3.05) is 12.9 Å². The normalized spacial score (nSPS) is 12.2. The van der Waals surface area contributed by atoms with Gasteiger partial charge < -0.3 is 4.74 Å². The molecular formula is C12H14F2O2S. The minimum atomic E-state index is -0.456. The van der Waals surface area contributed by atoms with Gasteiger partial charge in [0.1, 0.15) is 11.6 Å². The molecule has 0 aliphatic heterocycles. The van der Waals surface area contributed by atoms with E-state index in [0.717, 1.165) is 12.1 Å². The van der Waals surface area contributed by atoms with E-state index in [1.165, 1.54) is 24.9 Å². The van der Waals surface area contributed by atoms with Gasteiger partial charge in [0.15, 0.2) is 0 Å². The van der Waals surface area contributed by atoms with Gasteiger partial charge >= 0.3 is 5.97 Å². The van der Waals surface area contributed by atoms with Crippen LogP contribution in [0, 0.1) is 17.6 Å². The molecule has 0 radical (unpaired) electrons. The molecule has 94 valence electrons. The minimum Gasteiger partial charge on any atom is -0.469 e. The minimum absolute atomic E-state index is 0.248. The van der Waals surface area contributed by atoms with E-state index in [1.54, 1.807) is 6.92 Å².